The fraction of sp³-hybridized carbons (Fsp3) is 0.462. The zero-order valence-electron chi connectivity index (χ0n) is 18.8. The smallest absolute Gasteiger partial charge is 0.268 e. The molecule has 1 unspecified atom stereocenters. The van der Waals surface area contributed by atoms with Crippen molar-refractivity contribution in [2.45, 2.75) is 38.7 Å². The van der Waals surface area contributed by atoms with Crippen LogP contribution in [-0.4, -0.2) is 55.5 Å². The number of para-hydroxylation sites is 2. The first-order chi connectivity index (χ1) is 15.6. The number of nitrogens with zero attached hydrogens (tertiary/aromatic N) is 2. The third-order valence-corrected chi connectivity index (χ3v) is 6.46. The first-order valence-electron chi connectivity index (χ1n) is 11.7. The van der Waals surface area contributed by atoms with E-state index in [1.165, 1.54) is 18.4 Å². The minimum absolute atomic E-state index is 0.0227. The van der Waals surface area contributed by atoms with Gasteiger partial charge in [-0.3, -0.25) is 14.5 Å². The summed E-state index contributed by atoms with van der Waals surface area (Å²) in [5, 5.41) is 3.00. The van der Waals surface area contributed by atoms with Gasteiger partial charge in [0.1, 0.15) is 12.3 Å². The number of benzene rings is 2. The van der Waals surface area contributed by atoms with E-state index in [0.717, 1.165) is 32.0 Å². The van der Waals surface area contributed by atoms with E-state index in [4.69, 9.17) is 4.74 Å². The Morgan fingerprint density at radius 2 is 1.78 bits per heavy atom. The van der Waals surface area contributed by atoms with Crippen molar-refractivity contribution >= 4 is 17.5 Å². The van der Waals surface area contributed by atoms with E-state index < -0.39 is 6.10 Å². The quantitative estimate of drug-likeness (QED) is 0.691. The zero-order chi connectivity index (χ0) is 22.3. The first kappa shape index (κ1) is 22.3. The standard InChI is InChI=1S/C26H33N3O3/c1-2-23-26(31)29(22-10-6-7-11-24(22)32-23)19-25(30)27-14-17-28-15-12-21(13-16-28)18-20-8-4-3-5-9-20/h3-11,21,23H,2,12-19H2,1H3,(H,27,30). The molecule has 2 aliphatic heterocycles. The Labute approximate surface area is 190 Å². The van der Waals surface area contributed by atoms with Gasteiger partial charge in [-0.05, 0) is 62.4 Å². The lowest BCUT2D eigenvalue weighted by molar-refractivity contribution is -0.129. The molecule has 2 amide bonds. The molecule has 2 heterocycles. The number of hydrogen-bond donors (Lipinski definition) is 1. The number of carbonyl (C=O) groups excluding carboxylic acids is 2. The van der Waals surface area contributed by atoms with E-state index >= 15 is 0 Å². The van der Waals surface area contributed by atoms with Crippen LogP contribution in [0, 0.1) is 5.92 Å². The van der Waals surface area contributed by atoms with Gasteiger partial charge in [-0.25, -0.2) is 0 Å². The highest BCUT2D eigenvalue weighted by molar-refractivity contribution is 6.03. The summed E-state index contributed by atoms with van der Waals surface area (Å²) in [4.78, 5) is 29.3. The summed E-state index contributed by atoms with van der Waals surface area (Å²) < 4.78 is 5.78. The summed E-state index contributed by atoms with van der Waals surface area (Å²) in [5.74, 6) is 1.11. The van der Waals surface area contributed by atoms with Crippen molar-refractivity contribution in [3.05, 3.63) is 60.2 Å². The maximum atomic E-state index is 12.8. The maximum absolute atomic E-state index is 12.8. The van der Waals surface area contributed by atoms with Crippen molar-refractivity contribution in [3.8, 4) is 5.75 Å². The first-order valence-corrected chi connectivity index (χ1v) is 11.7. The lowest BCUT2D eigenvalue weighted by Gasteiger charge is -2.34. The lowest BCUT2D eigenvalue weighted by Crippen LogP contribution is -2.50. The Morgan fingerprint density at radius 3 is 2.53 bits per heavy atom. The molecular weight excluding hydrogens is 402 g/mol. The van der Waals surface area contributed by atoms with Gasteiger partial charge in [-0.2, -0.15) is 0 Å². The number of carbonyl (C=O) groups is 2. The number of hydrogen-bond acceptors (Lipinski definition) is 4. The highest BCUT2D eigenvalue weighted by Crippen LogP contribution is 2.34. The van der Waals surface area contributed by atoms with Crippen LogP contribution in [-0.2, 0) is 16.0 Å². The molecule has 1 saturated heterocycles. The van der Waals surface area contributed by atoms with Gasteiger partial charge in [-0.15, -0.1) is 0 Å². The molecular formula is C26H33N3O3. The number of anilines is 1. The van der Waals surface area contributed by atoms with Crippen LogP contribution in [0.5, 0.6) is 5.75 Å². The third-order valence-electron chi connectivity index (χ3n) is 6.46. The fourth-order valence-corrected chi connectivity index (χ4v) is 4.61. The van der Waals surface area contributed by atoms with Crippen molar-refractivity contribution in [3.63, 3.8) is 0 Å². The minimum Gasteiger partial charge on any atom is -0.478 e. The third kappa shape index (κ3) is 5.49. The molecule has 1 N–H and O–H groups in total. The Hall–Kier alpha value is -2.86. The van der Waals surface area contributed by atoms with Gasteiger partial charge in [-0.1, -0.05) is 49.4 Å². The molecule has 170 valence electrons. The second kappa shape index (κ2) is 10.6. The molecule has 0 radical (unpaired) electrons. The Kier molecular flexibility index (Phi) is 7.43. The van der Waals surface area contributed by atoms with Crippen molar-refractivity contribution in [1.82, 2.24) is 10.2 Å². The number of piperidine rings is 1. The highest BCUT2D eigenvalue weighted by Gasteiger charge is 2.34. The van der Waals surface area contributed by atoms with Gasteiger partial charge in [0.05, 0.1) is 5.69 Å². The summed E-state index contributed by atoms with van der Waals surface area (Å²) in [6, 6.07) is 18.1. The Morgan fingerprint density at radius 1 is 1.06 bits per heavy atom. The summed E-state index contributed by atoms with van der Waals surface area (Å²) in [5.41, 5.74) is 2.08. The molecule has 1 atom stereocenters. The Bertz CT molecular complexity index is 910. The Balaban J connectivity index is 1.21. The summed E-state index contributed by atoms with van der Waals surface area (Å²) in [6.07, 6.45) is 3.58. The van der Waals surface area contributed by atoms with Gasteiger partial charge in [0.2, 0.25) is 5.91 Å². The van der Waals surface area contributed by atoms with Crippen molar-refractivity contribution < 1.29 is 14.3 Å². The van der Waals surface area contributed by atoms with Crippen LogP contribution in [0.25, 0.3) is 0 Å². The van der Waals surface area contributed by atoms with Crippen LogP contribution in [0.4, 0.5) is 5.69 Å². The van der Waals surface area contributed by atoms with E-state index in [1.807, 2.05) is 31.2 Å². The van der Waals surface area contributed by atoms with Crippen LogP contribution >= 0.6 is 0 Å². The molecule has 6 heteroatoms. The molecule has 0 spiro atoms. The minimum atomic E-state index is -0.533. The van der Waals surface area contributed by atoms with Crippen molar-refractivity contribution in [2.75, 3.05) is 37.6 Å². The maximum Gasteiger partial charge on any atom is 0.268 e. The van der Waals surface area contributed by atoms with E-state index in [9.17, 15) is 9.59 Å². The lowest BCUT2D eigenvalue weighted by atomic mass is 9.90. The molecule has 0 saturated carbocycles. The van der Waals surface area contributed by atoms with Crippen LogP contribution in [0.2, 0.25) is 0 Å². The van der Waals surface area contributed by atoms with Gasteiger partial charge in [0.25, 0.3) is 5.91 Å². The zero-order valence-corrected chi connectivity index (χ0v) is 18.8. The van der Waals surface area contributed by atoms with Crippen LogP contribution in [0.1, 0.15) is 31.7 Å². The fourth-order valence-electron chi connectivity index (χ4n) is 4.61. The van der Waals surface area contributed by atoms with Crippen LogP contribution < -0.4 is 15.0 Å². The number of likely N-dealkylation sites (tertiary alicyclic amines) is 1. The van der Waals surface area contributed by atoms with Crippen LogP contribution in [0.3, 0.4) is 0 Å². The molecule has 0 aliphatic carbocycles. The van der Waals surface area contributed by atoms with Crippen LogP contribution in [0.15, 0.2) is 54.6 Å². The van der Waals surface area contributed by atoms with E-state index in [0.29, 0.717) is 24.4 Å². The molecule has 1 fully saturated rings. The predicted octanol–water partition coefficient (Wildman–Crippen LogP) is 3.26. The predicted molar refractivity (Wildman–Crippen MR) is 126 cm³/mol. The molecule has 2 aliphatic rings. The molecule has 0 aromatic heterocycles. The summed E-state index contributed by atoms with van der Waals surface area (Å²) in [7, 11) is 0. The average molecular weight is 436 g/mol. The number of amides is 2. The topological polar surface area (TPSA) is 61.9 Å². The van der Waals surface area contributed by atoms with E-state index in [-0.39, 0.29) is 18.4 Å². The van der Waals surface area contributed by atoms with Crippen molar-refractivity contribution in [1.29, 1.82) is 0 Å². The number of ether oxygens (including phenoxy) is 1. The van der Waals surface area contributed by atoms with E-state index in [1.54, 1.807) is 4.90 Å². The van der Waals surface area contributed by atoms with Gasteiger partial charge in [0, 0.05) is 13.1 Å². The second-order valence-electron chi connectivity index (χ2n) is 8.73. The second-order valence-corrected chi connectivity index (χ2v) is 8.73. The summed E-state index contributed by atoms with van der Waals surface area (Å²) in [6.45, 7) is 5.52. The largest absolute Gasteiger partial charge is 0.478 e. The average Bonchev–Trinajstić information content (AvgIpc) is 2.82. The molecule has 4 rings (SSSR count). The SMILES string of the molecule is CCC1Oc2ccccc2N(CC(=O)NCCN2CCC(Cc3ccccc3)CC2)C1=O. The summed E-state index contributed by atoms with van der Waals surface area (Å²) >= 11 is 0. The highest BCUT2D eigenvalue weighted by atomic mass is 16.5. The van der Waals surface area contributed by atoms with Gasteiger partial charge >= 0.3 is 0 Å². The monoisotopic (exact) mass is 435 g/mol. The van der Waals surface area contributed by atoms with E-state index in [2.05, 4.69) is 40.5 Å². The molecule has 0 bridgehead atoms. The number of fused-ring (bicyclic) bond motifs is 1. The number of nitrogens with one attached hydrogen (secondary N) is 1. The molecule has 6 nitrogen and oxygen atoms in total. The molecule has 32 heavy (non-hydrogen) atoms. The molecule has 2 aromatic carbocycles. The number of rotatable bonds is 8. The normalized spacial score (nSPS) is 19.3. The van der Waals surface area contributed by atoms with Gasteiger partial charge < -0.3 is 15.0 Å². The molecule has 2 aromatic rings. The van der Waals surface area contributed by atoms with Gasteiger partial charge in [0.15, 0.2) is 6.10 Å². The van der Waals surface area contributed by atoms with Crippen molar-refractivity contribution in [2.24, 2.45) is 5.92 Å².